The number of carbonyl (C=O) groups is 1. The van der Waals surface area contributed by atoms with Crippen molar-refractivity contribution in [1.82, 2.24) is 0 Å². The first kappa shape index (κ1) is 13.0. The van der Waals surface area contributed by atoms with Crippen molar-refractivity contribution < 1.29 is 4.79 Å². The number of halogens is 1. The van der Waals surface area contributed by atoms with Gasteiger partial charge in [-0.3, -0.25) is 4.79 Å². The van der Waals surface area contributed by atoms with E-state index < -0.39 is 0 Å². The summed E-state index contributed by atoms with van der Waals surface area (Å²) in [6, 6.07) is 5.91. The monoisotopic (exact) mass is 313 g/mol. The second-order valence-corrected chi connectivity index (χ2v) is 6.37. The van der Waals surface area contributed by atoms with E-state index >= 15 is 0 Å². The summed E-state index contributed by atoms with van der Waals surface area (Å²) in [6.45, 7) is 2.02. The maximum absolute atomic E-state index is 12.0. The molecule has 0 spiro atoms. The highest BCUT2D eigenvalue weighted by Crippen LogP contribution is 2.25. The van der Waals surface area contributed by atoms with Gasteiger partial charge in [0.25, 0.3) is 0 Å². The molecule has 0 saturated carbocycles. The highest BCUT2D eigenvalue weighted by molar-refractivity contribution is 9.10. The first-order chi connectivity index (χ1) is 8.16. The standard InChI is InChI=1S/C13H16BrNOS/c1-9-7-11(4-5-12(9)14)15-13(16)10-3-2-6-17-8-10/h4-5,7,10H,2-3,6,8H2,1H3,(H,15,16). The van der Waals surface area contributed by atoms with Crippen LogP contribution in [0, 0.1) is 12.8 Å². The highest BCUT2D eigenvalue weighted by Gasteiger charge is 2.21. The summed E-state index contributed by atoms with van der Waals surface area (Å²) < 4.78 is 1.07. The van der Waals surface area contributed by atoms with Crippen molar-refractivity contribution in [3.05, 3.63) is 28.2 Å². The zero-order chi connectivity index (χ0) is 12.3. The van der Waals surface area contributed by atoms with Crippen LogP contribution in [-0.4, -0.2) is 17.4 Å². The Morgan fingerprint density at radius 2 is 2.35 bits per heavy atom. The third kappa shape index (κ3) is 3.49. The molecule has 1 unspecified atom stereocenters. The van der Waals surface area contributed by atoms with E-state index in [1.54, 1.807) is 0 Å². The summed E-state index contributed by atoms with van der Waals surface area (Å²) >= 11 is 5.34. The van der Waals surface area contributed by atoms with E-state index in [2.05, 4.69) is 21.2 Å². The molecule has 1 aliphatic heterocycles. The van der Waals surface area contributed by atoms with E-state index in [-0.39, 0.29) is 11.8 Å². The van der Waals surface area contributed by atoms with Crippen LogP contribution in [0.5, 0.6) is 0 Å². The zero-order valence-corrected chi connectivity index (χ0v) is 12.2. The summed E-state index contributed by atoms with van der Waals surface area (Å²) in [6.07, 6.45) is 2.18. The molecular formula is C13H16BrNOS. The minimum Gasteiger partial charge on any atom is -0.326 e. The average Bonchev–Trinajstić information content (AvgIpc) is 2.35. The van der Waals surface area contributed by atoms with Gasteiger partial charge in [-0.15, -0.1) is 0 Å². The molecule has 0 radical (unpaired) electrons. The molecule has 0 aromatic heterocycles. The van der Waals surface area contributed by atoms with Crippen LogP contribution in [0.1, 0.15) is 18.4 Å². The number of hydrogen-bond acceptors (Lipinski definition) is 2. The fourth-order valence-corrected chi connectivity index (χ4v) is 3.30. The molecule has 1 aliphatic rings. The Hall–Kier alpha value is -0.480. The Labute approximate surface area is 115 Å². The van der Waals surface area contributed by atoms with E-state index in [0.29, 0.717) is 0 Å². The maximum atomic E-state index is 12.0. The summed E-state index contributed by atoms with van der Waals surface area (Å²) in [7, 11) is 0. The molecule has 2 rings (SSSR count). The molecule has 4 heteroatoms. The van der Waals surface area contributed by atoms with Gasteiger partial charge in [-0.1, -0.05) is 15.9 Å². The third-order valence-electron chi connectivity index (χ3n) is 2.96. The van der Waals surface area contributed by atoms with E-state index in [4.69, 9.17) is 0 Å². The fraction of sp³-hybridized carbons (Fsp3) is 0.462. The van der Waals surface area contributed by atoms with Crippen LogP contribution in [0.25, 0.3) is 0 Å². The minimum atomic E-state index is 0.166. The lowest BCUT2D eigenvalue weighted by Crippen LogP contribution is -2.27. The quantitative estimate of drug-likeness (QED) is 0.898. The number of thioether (sulfide) groups is 1. The van der Waals surface area contributed by atoms with Crippen LogP contribution < -0.4 is 5.32 Å². The Balaban J connectivity index is 1.99. The van der Waals surface area contributed by atoms with Crippen LogP contribution in [0.15, 0.2) is 22.7 Å². The van der Waals surface area contributed by atoms with Crippen molar-refractivity contribution in [3.63, 3.8) is 0 Å². The average molecular weight is 314 g/mol. The van der Waals surface area contributed by atoms with Gasteiger partial charge >= 0.3 is 0 Å². The lowest BCUT2D eigenvalue weighted by atomic mass is 10.0. The van der Waals surface area contributed by atoms with Gasteiger partial charge < -0.3 is 5.32 Å². The normalized spacial score (nSPS) is 20.0. The van der Waals surface area contributed by atoms with Gasteiger partial charge in [0.2, 0.25) is 5.91 Å². The molecule has 1 saturated heterocycles. The van der Waals surface area contributed by atoms with Crippen molar-refractivity contribution in [3.8, 4) is 0 Å². The number of hydrogen-bond donors (Lipinski definition) is 1. The van der Waals surface area contributed by atoms with Crippen LogP contribution in [0.4, 0.5) is 5.69 Å². The summed E-state index contributed by atoms with van der Waals surface area (Å²) in [5, 5.41) is 3.01. The van der Waals surface area contributed by atoms with E-state index in [1.165, 1.54) is 5.75 Å². The van der Waals surface area contributed by atoms with E-state index in [0.717, 1.165) is 34.3 Å². The third-order valence-corrected chi connectivity index (χ3v) is 5.06. The SMILES string of the molecule is Cc1cc(NC(=O)C2CCCSC2)ccc1Br. The molecule has 1 fully saturated rings. The Morgan fingerprint density at radius 1 is 1.53 bits per heavy atom. The number of nitrogens with one attached hydrogen (secondary N) is 1. The molecule has 0 aliphatic carbocycles. The highest BCUT2D eigenvalue weighted by atomic mass is 79.9. The number of anilines is 1. The number of carbonyl (C=O) groups excluding carboxylic acids is 1. The molecule has 92 valence electrons. The van der Waals surface area contributed by atoms with Gasteiger partial charge in [-0.2, -0.15) is 11.8 Å². The van der Waals surface area contributed by atoms with Gasteiger partial charge in [0.15, 0.2) is 0 Å². The second kappa shape index (κ2) is 5.91. The second-order valence-electron chi connectivity index (χ2n) is 4.37. The first-order valence-electron chi connectivity index (χ1n) is 5.81. The van der Waals surface area contributed by atoms with Gasteiger partial charge in [-0.25, -0.2) is 0 Å². The number of rotatable bonds is 2. The number of amides is 1. The molecule has 17 heavy (non-hydrogen) atoms. The summed E-state index contributed by atoms with van der Waals surface area (Å²) in [5.74, 6) is 2.50. The van der Waals surface area contributed by atoms with E-state index in [9.17, 15) is 4.79 Å². The van der Waals surface area contributed by atoms with Gasteiger partial charge in [0.1, 0.15) is 0 Å². The van der Waals surface area contributed by atoms with Crippen LogP contribution >= 0.6 is 27.7 Å². The molecule has 1 amide bonds. The minimum absolute atomic E-state index is 0.166. The van der Waals surface area contributed by atoms with Crippen LogP contribution in [0.3, 0.4) is 0 Å². The lowest BCUT2D eigenvalue weighted by Gasteiger charge is -2.20. The van der Waals surface area contributed by atoms with Crippen molar-refractivity contribution in [1.29, 1.82) is 0 Å². The van der Waals surface area contributed by atoms with Crippen LogP contribution in [-0.2, 0) is 4.79 Å². The number of aryl methyl sites for hydroxylation is 1. The maximum Gasteiger partial charge on any atom is 0.228 e. The van der Waals surface area contributed by atoms with Crippen molar-refractivity contribution in [2.45, 2.75) is 19.8 Å². The smallest absolute Gasteiger partial charge is 0.228 e. The molecule has 2 nitrogen and oxygen atoms in total. The van der Waals surface area contributed by atoms with Crippen molar-refractivity contribution >= 4 is 39.3 Å². The molecule has 1 atom stereocenters. The van der Waals surface area contributed by atoms with Gasteiger partial charge in [0, 0.05) is 21.8 Å². The van der Waals surface area contributed by atoms with Crippen molar-refractivity contribution in [2.75, 3.05) is 16.8 Å². The first-order valence-corrected chi connectivity index (χ1v) is 7.76. The van der Waals surface area contributed by atoms with Gasteiger partial charge in [0.05, 0.1) is 0 Å². The lowest BCUT2D eigenvalue weighted by molar-refractivity contribution is -0.119. The van der Waals surface area contributed by atoms with E-state index in [1.807, 2.05) is 36.9 Å². The van der Waals surface area contributed by atoms with Gasteiger partial charge in [-0.05, 0) is 49.3 Å². The Kier molecular flexibility index (Phi) is 4.51. The molecule has 1 aromatic rings. The van der Waals surface area contributed by atoms with Crippen molar-refractivity contribution in [2.24, 2.45) is 5.92 Å². The largest absolute Gasteiger partial charge is 0.326 e. The predicted octanol–water partition coefficient (Wildman–Crippen LogP) is 3.84. The fourth-order valence-electron chi connectivity index (χ4n) is 1.91. The summed E-state index contributed by atoms with van der Waals surface area (Å²) in [4.78, 5) is 12.0. The predicted molar refractivity (Wildman–Crippen MR) is 77.6 cm³/mol. The molecule has 1 aromatic carbocycles. The zero-order valence-electron chi connectivity index (χ0n) is 9.83. The number of benzene rings is 1. The molecule has 1 N–H and O–H groups in total. The Morgan fingerprint density at radius 3 is 3.00 bits per heavy atom. The Bertz CT molecular complexity index is 416. The van der Waals surface area contributed by atoms with Crippen LogP contribution in [0.2, 0.25) is 0 Å². The summed E-state index contributed by atoms with van der Waals surface area (Å²) in [5.41, 5.74) is 2.03. The topological polar surface area (TPSA) is 29.1 Å². The molecule has 1 heterocycles. The molecule has 0 bridgehead atoms. The molecular weight excluding hydrogens is 298 g/mol.